The summed E-state index contributed by atoms with van der Waals surface area (Å²) >= 11 is 14.1. The summed E-state index contributed by atoms with van der Waals surface area (Å²) in [5, 5.41) is 1.56. The number of hydrogen-bond acceptors (Lipinski definition) is 4. The number of imidazole rings is 1. The second-order valence-corrected chi connectivity index (χ2v) is 9.30. The van der Waals surface area contributed by atoms with Crippen molar-refractivity contribution in [2.45, 2.75) is 37.0 Å². The number of nitrogens with zero attached hydrogens (tertiary/aromatic N) is 2. The molecule has 4 rings (SSSR count). The topological polar surface area (TPSA) is 36.3 Å². The molecule has 0 spiro atoms. The molecule has 31 heavy (non-hydrogen) atoms. The van der Waals surface area contributed by atoms with Crippen LogP contribution in [0.15, 0.2) is 67.3 Å². The molecule has 1 fully saturated rings. The summed E-state index contributed by atoms with van der Waals surface area (Å²) in [6.07, 6.45) is 7.18. The molecule has 0 bridgehead atoms. The highest BCUT2D eigenvalue weighted by Crippen LogP contribution is 2.33. The zero-order valence-corrected chi connectivity index (χ0v) is 20.1. The monoisotopic (exact) mass is 498 g/mol. The van der Waals surface area contributed by atoms with Crippen molar-refractivity contribution < 1.29 is 9.47 Å². The van der Waals surface area contributed by atoms with Gasteiger partial charge in [-0.15, -0.1) is 12.4 Å². The average Bonchev–Trinajstić information content (AvgIpc) is 3.40. The Morgan fingerprint density at radius 2 is 1.94 bits per heavy atom. The highest BCUT2D eigenvalue weighted by molar-refractivity contribution is 7.98. The SMILES string of the molecule is Cl.Clc1ccc(CCC2(Cn3ccnc3)OCC(CSCc3ccccc3Cl)O2)cc1. The first kappa shape index (κ1) is 24.4. The summed E-state index contributed by atoms with van der Waals surface area (Å²) in [6, 6.07) is 15.9. The number of rotatable bonds is 9. The predicted molar refractivity (Wildman–Crippen MR) is 130 cm³/mol. The summed E-state index contributed by atoms with van der Waals surface area (Å²) in [7, 11) is 0. The third-order valence-corrected chi connectivity index (χ3v) is 6.87. The normalized spacial score (nSPS) is 20.5. The number of hydrogen-bond donors (Lipinski definition) is 0. The molecular weight excluding hydrogens is 475 g/mol. The molecule has 4 nitrogen and oxygen atoms in total. The molecule has 0 N–H and O–H groups in total. The van der Waals surface area contributed by atoms with Crippen LogP contribution in [0.25, 0.3) is 0 Å². The van der Waals surface area contributed by atoms with Crippen molar-refractivity contribution in [3.8, 4) is 0 Å². The molecule has 8 heteroatoms. The van der Waals surface area contributed by atoms with Gasteiger partial charge in [0.2, 0.25) is 0 Å². The third-order valence-electron chi connectivity index (χ3n) is 5.12. The van der Waals surface area contributed by atoms with Gasteiger partial charge in [-0.3, -0.25) is 0 Å². The first-order valence-electron chi connectivity index (χ1n) is 9.95. The van der Waals surface area contributed by atoms with E-state index in [-0.39, 0.29) is 18.5 Å². The van der Waals surface area contributed by atoms with Gasteiger partial charge in [-0.25, -0.2) is 4.98 Å². The van der Waals surface area contributed by atoms with E-state index in [0.717, 1.165) is 40.0 Å². The van der Waals surface area contributed by atoms with Crippen LogP contribution in [0.1, 0.15) is 17.5 Å². The second kappa shape index (κ2) is 11.6. The number of halogens is 3. The molecule has 0 aliphatic carbocycles. The fourth-order valence-electron chi connectivity index (χ4n) is 3.55. The van der Waals surface area contributed by atoms with Crippen molar-refractivity contribution >= 4 is 47.4 Å². The fraction of sp³-hybridized carbons (Fsp3) is 0.348. The van der Waals surface area contributed by atoms with E-state index in [9.17, 15) is 0 Å². The molecule has 0 saturated carbocycles. The van der Waals surface area contributed by atoms with E-state index in [1.165, 1.54) is 5.56 Å². The number of ether oxygens (including phenoxy) is 2. The van der Waals surface area contributed by atoms with E-state index in [0.29, 0.717) is 13.2 Å². The molecule has 1 saturated heterocycles. The van der Waals surface area contributed by atoms with Crippen molar-refractivity contribution in [2.24, 2.45) is 0 Å². The van der Waals surface area contributed by atoms with Crippen molar-refractivity contribution in [1.82, 2.24) is 9.55 Å². The molecule has 2 heterocycles. The Bertz CT molecular complexity index is 940. The molecule has 1 aromatic heterocycles. The van der Waals surface area contributed by atoms with Gasteiger partial charge in [0.05, 0.1) is 25.6 Å². The van der Waals surface area contributed by atoms with Crippen LogP contribution in [0.2, 0.25) is 10.0 Å². The molecule has 0 radical (unpaired) electrons. The van der Waals surface area contributed by atoms with Gasteiger partial charge in [0.25, 0.3) is 0 Å². The van der Waals surface area contributed by atoms with Crippen LogP contribution in [0, 0.1) is 0 Å². The van der Waals surface area contributed by atoms with Crippen LogP contribution >= 0.6 is 47.4 Å². The lowest BCUT2D eigenvalue weighted by molar-refractivity contribution is -0.180. The van der Waals surface area contributed by atoms with E-state index < -0.39 is 5.79 Å². The molecule has 166 valence electrons. The van der Waals surface area contributed by atoms with E-state index in [2.05, 4.69) is 23.2 Å². The second-order valence-electron chi connectivity index (χ2n) is 7.43. The van der Waals surface area contributed by atoms with Crippen molar-refractivity contribution in [1.29, 1.82) is 0 Å². The van der Waals surface area contributed by atoms with Gasteiger partial charge >= 0.3 is 0 Å². The minimum absolute atomic E-state index is 0. The highest BCUT2D eigenvalue weighted by Gasteiger charge is 2.41. The van der Waals surface area contributed by atoms with E-state index in [4.69, 9.17) is 32.7 Å². The van der Waals surface area contributed by atoms with E-state index in [1.807, 2.05) is 52.9 Å². The highest BCUT2D eigenvalue weighted by atomic mass is 35.5. The van der Waals surface area contributed by atoms with Gasteiger partial charge in [-0.05, 0) is 35.7 Å². The molecule has 1 aliphatic heterocycles. The van der Waals surface area contributed by atoms with Crippen LogP contribution in [0.5, 0.6) is 0 Å². The summed E-state index contributed by atoms with van der Waals surface area (Å²) < 4.78 is 14.8. The summed E-state index contributed by atoms with van der Waals surface area (Å²) in [5.74, 6) is 1.06. The van der Waals surface area contributed by atoms with Crippen molar-refractivity contribution in [3.63, 3.8) is 0 Å². The van der Waals surface area contributed by atoms with Crippen LogP contribution in [-0.4, -0.2) is 33.8 Å². The lowest BCUT2D eigenvalue weighted by atomic mass is 10.0. The molecule has 2 aromatic carbocycles. The van der Waals surface area contributed by atoms with Crippen LogP contribution in [-0.2, 0) is 28.2 Å². The first-order chi connectivity index (χ1) is 14.6. The Morgan fingerprint density at radius 1 is 1.13 bits per heavy atom. The van der Waals surface area contributed by atoms with E-state index >= 15 is 0 Å². The summed E-state index contributed by atoms with van der Waals surface area (Å²) in [6.45, 7) is 1.21. The quantitative estimate of drug-likeness (QED) is 0.347. The van der Waals surface area contributed by atoms with Gasteiger partial charge < -0.3 is 14.0 Å². The molecule has 2 atom stereocenters. The van der Waals surface area contributed by atoms with Crippen LogP contribution < -0.4 is 0 Å². The Kier molecular flexibility index (Phi) is 9.14. The van der Waals surface area contributed by atoms with Gasteiger partial charge in [0.15, 0.2) is 5.79 Å². The minimum Gasteiger partial charge on any atom is -0.345 e. The maximum Gasteiger partial charge on any atom is 0.187 e. The Labute approximate surface area is 203 Å². The van der Waals surface area contributed by atoms with Crippen LogP contribution in [0.4, 0.5) is 0 Å². The Morgan fingerprint density at radius 3 is 2.68 bits per heavy atom. The number of benzene rings is 2. The standard InChI is InChI=1S/C23H24Cl2N2O2S.ClH/c24-20-7-5-18(6-8-20)9-10-23(16-27-12-11-26-17-27)28-13-21(29-23)15-30-14-19-3-1-2-4-22(19)25;/h1-8,11-12,17,21H,9-10,13-16H2;1H. The number of aryl methyl sites for hydroxylation is 1. The molecule has 0 amide bonds. The van der Waals surface area contributed by atoms with Crippen LogP contribution in [0.3, 0.4) is 0 Å². The van der Waals surface area contributed by atoms with Crippen molar-refractivity contribution in [2.75, 3.05) is 12.4 Å². The van der Waals surface area contributed by atoms with Crippen molar-refractivity contribution in [3.05, 3.63) is 88.4 Å². The zero-order chi connectivity index (χ0) is 20.8. The summed E-state index contributed by atoms with van der Waals surface area (Å²) in [5.41, 5.74) is 2.36. The maximum atomic E-state index is 6.49. The largest absolute Gasteiger partial charge is 0.345 e. The lowest BCUT2D eigenvalue weighted by Crippen LogP contribution is -2.37. The smallest absolute Gasteiger partial charge is 0.187 e. The zero-order valence-electron chi connectivity index (χ0n) is 17.0. The fourth-order valence-corrected chi connectivity index (χ4v) is 4.98. The predicted octanol–water partition coefficient (Wildman–Crippen LogP) is 6.29. The van der Waals surface area contributed by atoms with Gasteiger partial charge in [0, 0.05) is 40.4 Å². The van der Waals surface area contributed by atoms with Gasteiger partial charge in [-0.1, -0.05) is 53.5 Å². The molecule has 2 unspecified atom stereocenters. The van der Waals surface area contributed by atoms with Gasteiger partial charge in [0.1, 0.15) is 0 Å². The number of aromatic nitrogens is 2. The number of thioether (sulfide) groups is 1. The average molecular weight is 500 g/mol. The Balaban J connectivity index is 0.00000272. The first-order valence-corrected chi connectivity index (χ1v) is 11.9. The molecule has 1 aliphatic rings. The van der Waals surface area contributed by atoms with E-state index in [1.54, 1.807) is 12.5 Å². The Hall–Kier alpha value is -1.21. The lowest BCUT2D eigenvalue weighted by Gasteiger charge is -2.28. The molecule has 3 aromatic rings. The molecular formula is C23H25Cl3N2O2S. The third kappa shape index (κ3) is 6.88. The van der Waals surface area contributed by atoms with Gasteiger partial charge in [-0.2, -0.15) is 11.8 Å². The maximum absolute atomic E-state index is 6.49. The summed E-state index contributed by atoms with van der Waals surface area (Å²) in [4.78, 5) is 4.15. The minimum atomic E-state index is -0.657.